The van der Waals surface area contributed by atoms with E-state index in [1.54, 1.807) is 91.1 Å². The van der Waals surface area contributed by atoms with Crippen LogP contribution in [0.2, 0.25) is 0 Å². The maximum Gasteiger partial charge on any atom is 0.425 e. The second-order valence-corrected chi connectivity index (χ2v) is 17.9. The number of nitrogens with one attached hydrogen (secondary N) is 2. The van der Waals surface area contributed by atoms with Crippen LogP contribution in [0.25, 0.3) is 10.8 Å². The van der Waals surface area contributed by atoms with Crippen LogP contribution in [0.4, 0.5) is 36.0 Å². The zero-order valence-corrected chi connectivity index (χ0v) is 35.0. The molecule has 3 aromatic carbocycles. The van der Waals surface area contributed by atoms with Crippen LogP contribution in [0.5, 0.6) is 0 Å². The summed E-state index contributed by atoms with van der Waals surface area (Å²) in [6, 6.07) is 19.2. The Morgan fingerprint density at radius 1 is 0.914 bits per heavy atom. The van der Waals surface area contributed by atoms with Crippen molar-refractivity contribution >= 4 is 63.0 Å². The van der Waals surface area contributed by atoms with Crippen molar-refractivity contribution < 1.29 is 42.0 Å². The second-order valence-electron chi connectivity index (χ2n) is 16.2. The molecule has 1 fully saturated rings. The summed E-state index contributed by atoms with van der Waals surface area (Å²) in [5.74, 6) is -0.855. The van der Waals surface area contributed by atoms with Crippen molar-refractivity contribution in [3.05, 3.63) is 89.6 Å². The summed E-state index contributed by atoms with van der Waals surface area (Å²) in [5.41, 5.74) is 1.45. The molecule has 1 aliphatic carbocycles. The minimum atomic E-state index is -1.30. The number of anilines is 3. The Balaban J connectivity index is 1.27. The number of nitrogens with zero attached hydrogens (tertiary/aromatic N) is 3. The summed E-state index contributed by atoms with van der Waals surface area (Å²) < 4.78 is 43.7. The molecule has 13 nitrogen and oxygen atoms in total. The number of ether oxygens (including phenoxy) is 3. The molecule has 2 N–H and O–H groups in total. The van der Waals surface area contributed by atoms with E-state index in [0.717, 1.165) is 28.9 Å². The second kappa shape index (κ2) is 18.3. The third kappa shape index (κ3) is 11.7. The fourth-order valence-corrected chi connectivity index (χ4v) is 7.51. The normalized spacial score (nSPS) is 13.9. The van der Waals surface area contributed by atoms with Gasteiger partial charge >= 0.3 is 18.3 Å². The number of rotatable bonds is 13. The number of amides is 4. The zero-order valence-electron chi connectivity index (χ0n) is 34.2. The summed E-state index contributed by atoms with van der Waals surface area (Å²) in [5, 5.41) is 6.95. The average molecular weight is 818 g/mol. The molecule has 58 heavy (non-hydrogen) atoms. The van der Waals surface area contributed by atoms with Crippen molar-refractivity contribution in [1.29, 1.82) is 0 Å². The highest BCUT2D eigenvalue weighted by Gasteiger charge is 2.35. The van der Waals surface area contributed by atoms with Gasteiger partial charge in [0.1, 0.15) is 17.8 Å². The number of alkyl halides is 1. The van der Waals surface area contributed by atoms with E-state index < -0.39 is 52.9 Å². The fourth-order valence-electron chi connectivity index (χ4n) is 6.00. The van der Waals surface area contributed by atoms with Gasteiger partial charge in [-0.1, -0.05) is 24.3 Å². The number of carbonyl (C=O) groups is 4. The number of hydrogen-bond acceptors (Lipinski definition) is 10. The molecule has 1 heterocycles. The molecule has 4 aromatic rings. The van der Waals surface area contributed by atoms with E-state index in [2.05, 4.69) is 15.6 Å². The van der Waals surface area contributed by atoms with Crippen molar-refractivity contribution in [2.75, 3.05) is 42.4 Å². The van der Waals surface area contributed by atoms with Gasteiger partial charge in [0.25, 0.3) is 0 Å². The average Bonchev–Trinajstić information content (AvgIpc) is 3.99. The number of fused-ring (bicyclic) bond motifs is 1. The van der Waals surface area contributed by atoms with E-state index >= 15 is 0 Å². The van der Waals surface area contributed by atoms with E-state index in [1.807, 2.05) is 31.2 Å². The maximum absolute atomic E-state index is 13.9. The van der Waals surface area contributed by atoms with Crippen molar-refractivity contribution in [2.45, 2.75) is 95.1 Å². The van der Waals surface area contributed by atoms with Gasteiger partial charge in [0, 0.05) is 52.6 Å². The molecule has 0 aliphatic heterocycles. The van der Waals surface area contributed by atoms with Gasteiger partial charge in [0.15, 0.2) is 5.82 Å². The first kappa shape index (κ1) is 43.6. The van der Waals surface area contributed by atoms with Gasteiger partial charge in [-0.15, -0.1) is 0 Å². The Labute approximate surface area is 341 Å². The third-order valence-corrected chi connectivity index (χ3v) is 10.9. The SMILES string of the molecule is Cc1ccccc1[C@@H](CF)COC(=O)Nc1ccc(S(=O)C2CC2)c(CN(C)C(=O)CNc2ccc3c(N(C(=O)OC(C)(C)C)C(=O)OC(C)(C)C)nccc3c2)c1. The Morgan fingerprint density at radius 3 is 2.19 bits per heavy atom. The van der Waals surface area contributed by atoms with Crippen LogP contribution in [-0.4, -0.2) is 81.6 Å². The van der Waals surface area contributed by atoms with Crippen LogP contribution in [0.1, 0.15) is 77.0 Å². The van der Waals surface area contributed by atoms with Crippen LogP contribution >= 0.6 is 0 Å². The summed E-state index contributed by atoms with van der Waals surface area (Å²) in [4.78, 5) is 60.1. The van der Waals surface area contributed by atoms with Gasteiger partial charge in [-0.25, -0.2) is 19.4 Å². The van der Waals surface area contributed by atoms with Crippen molar-refractivity contribution in [2.24, 2.45) is 0 Å². The van der Waals surface area contributed by atoms with Gasteiger partial charge in [0.2, 0.25) is 5.91 Å². The van der Waals surface area contributed by atoms with Crippen LogP contribution in [0, 0.1) is 6.92 Å². The molecule has 1 unspecified atom stereocenters. The number of likely N-dealkylation sites (N-methyl/N-ethyl adjacent to an activating group) is 1. The molecule has 15 heteroatoms. The predicted molar refractivity (Wildman–Crippen MR) is 222 cm³/mol. The number of pyridine rings is 1. The fraction of sp³-hybridized carbons (Fsp3) is 0.419. The summed E-state index contributed by atoms with van der Waals surface area (Å²) in [6.45, 7) is 11.2. The monoisotopic (exact) mass is 817 g/mol. The van der Waals surface area contributed by atoms with Crippen molar-refractivity contribution in [1.82, 2.24) is 9.88 Å². The number of aromatic nitrogens is 1. The lowest BCUT2D eigenvalue weighted by Crippen LogP contribution is -2.44. The molecule has 310 valence electrons. The summed E-state index contributed by atoms with van der Waals surface area (Å²) in [6.07, 6.45) is 0.504. The highest BCUT2D eigenvalue weighted by Crippen LogP contribution is 2.34. The Morgan fingerprint density at radius 2 is 1.57 bits per heavy atom. The minimum absolute atomic E-state index is 0.0268. The molecule has 0 spiro atoms. The summed E-state index contributed by atoms with van der Waals surface area (Å²) in [7, 11) is 0.335. The topological polar surface area (TPSA) is 156 Å². The van der Waals surface area contributed by atoms with E-state index in [9.17, 15) is 27.8 Å². The van der Waals surface area contributed by atoms with Crippen molar-refractivity contribution in [3.63, 3.8) is 0 Å². The first-order chi connectivity index (χ1) is 27.3. The number of benzene rings is 3. The van der Waals surface area contributed by atoms with Gasteiger partial charge in [-0.2, -0.15) is 4.90 Å². The van der Waals surface area contributed by atoms with E-state index in [0.29, 0.717) is 32.6 Å². The first-order valence-electron chi connectivity index (χ1n) is 19.0. The molecule has 1 aromatic heterocycles. The van der Waals surface area contributed by atoms with Gasteiger partial charge in [0.05, 0.1) is 24.0 Å². The van der Waals surface area contributed by atoms with Crippen LogP contribution in [-0.2, 0) is 36.3 Å². The van der Waals surface area contributed by atoms with Crippen molar-refractivity contribution in [3.8, 4) is 0 Å². The molecule has 2 atom stereocenters. The molecule has 1 saturated carbocycles. The molecular formula is C43H52FN5O8S. The third-order valence-electron chi connectivity index (χ3n) is 8.97. The van der Waals surface area contributed by atoms with Crippen LogP contribution in [0.15, 0.2) is 77.8 Å². The number of carbonyl (C=O) groups excluding carboxylic acids is 4. The number of hydrogen-bond donors (Lipinski definition) is 2. The minimum Gasteiger partial charge on any atom is -0.449 e. The standard InChI is InChI=1S/C43H52FN5O8S/c1-27-11-9-10-12-34(27)30(23-44)26-55-39(51)47-32-14-18-36(58(54)33-15-16-33)29(22-32)25-48(8)37(50)24-46-31-13-17-35-28(21-31)19-20-45-38(35)49(40(52)56-42(2,3)4)41(53)57-43(5,6)7/h9-14,17-22,30,33,46H,15-16,23-26H2,1-8H3,(H,47,51)/t30-,58?/m0/s1. The molecular weight excluding hydrogens is 766 g/mol. The largest absolute Gasteiger partial charge is 0.449 e. The smallest absolute Gasteiger partial charge is 0.425 e. The zero-order chi connectivity index (χ0) is 42.4. The Hall–Kier alpha value is -5.57. The lowest BCUT2D eigenvalue weighted by Gasteiger charge is -2.28. The molecule has 0 bridgehead atoms. The molecule has 4 amide bonds. The maximum atomic E-state index is 13.9. The molecule has 0 saturated heterocycles. The highest BCUT2D eigenvalue weighted by molar-refractivity contribution is 7.86. The van der Waals surface area contributed by atoms with E-state index in [4.69, 9.17) is 14.2 Å². The van der Waals surface area contributed by atoms with Gasteiger partial charge < -0.3 is 24.4 Å². The number of imide groups is 1. The summed E-state index contributed by atoms with van der Waals surface area (Å²) >= 11 is 0. The first-order valence-corrected chi connectivity index (χ1v) is 20.3. The Bertz CT molecular complexity index is 2150. The number of aryl methyl sites for hydroxylation is 1. The highest BCUT2D eigenvalue weighted by atomic mass is 32.2. The predicted octanol–water partition coefficient (Wildman–Crippen LogP) is 8.86. The van der Waals surface area contributed by atoms with Gasteiger partial charge in [-0.3, -0.25) is 18.7 Å². The van der Waals surface area contributed by atoms with E-state index in [1.165, 1.54) is 11.1 Å². The molecule has 1 aliphatic rings. The van der Waals surface area contributed by atoms with Gasteiger partial charge in [-0.05, 0) is 126 Å². The quantitative estimate of drug-likeness (QED) is 0.125. The molecule has 5 rings (SSSR count). The van der Waals surface area contributed by atoms with Crippen LogP contribution < -0.4 is 15.5 Å². The Kier molecular flexibility index (Phi) is 13.8. The van der Waals surface area contributed by atoms with Crippen LogP contribution in [0.3, 0.4) is 0 Å². The lowest BCUT2D eigenvalue weighted by atomic mass is 9.97. The van der Waals surface area contributed by atoms with E-state index in [-0.39, 0.29) is 36.7 Å². The lowest BCUT2D eigenvalue weighted by molar-refractivity contribution is -0.128. The number of halogens is 1. The molecule has 0 radical (unpaired) electrons.